The first-order chi connectivity index (χ1) is 15.6. The van der Waals surface area contributed by atoms with E-state index >= 15 is 0 Å². The lowest BCUT2D eigenvalue weighted by Crippen LogP contribution is -2.37. The summed E-state index contributed by atoms with van der Waals surface area (Å²) in [6.45, 7) is 1.81. The quantitative estimate of drug-likeness (QED) is 0.451. The number of aliphatic imine (C=N–C) groups is 1. The third kappa shape index (κ3) is 4.06. The van der Waals surface area contributed by atoms with Crippen LogP contribution in [-0.4, -0.2) is 32.0 Å². The van der Waals surface area contributed by atoms with Gasteiger partial charge in [-0.05, 0) is 41.4 Å². The molecule has 3 aromatic heterocycles. The Morgan fingerprint density at radius 3 is 3.09 bits per heavy atom. The highest BCUT2D eigenvalue weighted by Crippen LogP contribution is 2.35. The average molecular weight is 513 g/mol. The summed E-state index contributed by atoms with van der Waals surface area (Å²) in [4.78, 5) is 26.7. The predicted molar refractivity (Wildman–Crippen MR) is 124 cm³/mol. The number of anilines is 2. The van der Waals surface area contributed by atoms with Gasteiger partial charge in [-0.3, -0.25) is 15.4 Å². The molecular weight excluding hydrogens is 496 g/mol. The zero-order valence-electron chi connectivity index (χ0n) is 16.8. The number of hydrogen-bond donors (Lipinski definition) is 3. The largest absolute Gasteiger partial charge is 0.428 e. The Labute approximate surface area is 195 Å². The molecule has 1 unspecified atom stereocenters. The van der Waals surface area contributed by atoms with Gasteiger partial charge in [0.15, 0.2) is 0 Å². The van der Waals surface area contributed by atoms with Crippen molar-refractivity contribution in [2.75, 3.05) is 10.6 Å². The highest BCUT2D eigenvalue weighted by molar-refractivity contribution is 9.10. The maximum Gasteiger partial charge on any atom is 0.302 e. The number of allylic oxidation sites excluding steroid dienone is 2. The molecule has 3 N–H and O–H groups in total. The molecule has 162 valence electrons. The van der Waals surface area contributed by atoms with Gasteiger partial charge >= 0.3 is 6.01 Å². The molecular formula is C20H17BrN8O2S. The molecule has 0 saturated carbocycles. The third-order valence-corrected chi connectivity index (χ3v) is 6.19. The predicted octanol–water partition coefficient (Wildman–Crippen LogP) is 3.67. The van der Waals surface area contributed by atoms with Gasteiger partial charge < -0.3 is 9.73 Å². The van der Waals surface area contributed by atoms with E-state index in [0.717, 1.165) is 29.9 Å². The molecule has 4 heterocycles. The molecule has 10 nitrogen and oxygen atoms in total. The molecule has 0 radical (unpaired) electrons. The van der Waals surface area contributed by atoms with E-state index in [9.17, 15) is 4.79 Å². The Morgan fingerprint density at radius 2 is 2.31 bits per heavy atom. The molecule has 0 bridgehead atoms. The third-order valence-electron chi connectivity index (χ3n) is 4.92. The van der Waals surface area contributed by atoms with Gasteiger partial charge in [0.1, 0.15) is 27.6 Å². The SMILES string of the molecule is CC1=C(C(=O)Nc2nncs2)C(c2cccnc2Br)N=C(Nc2nc3c(o2)CCC=C3)N1. The van der Waals surface area contributed by atoms with E-state index in [-0.39, 0.29) is 5.91 Å². The number of amides is 1. The summed E-state index contributed by atoms with van der Waals surface area (Å²) in [6, 6.07) is 3.38. The molecule has 1 atom stereocenters. The lowest BCUT2D eigenvalue weighted by molar-refractivity contribution is -0.113. The lowest BCUT2D eigenvalue weighted by Gasteiger charge is -2.26. The van der Waals surface area contributed by atoms with Crippen LogP contribution < -0.4 is 16.0 Å². The minimum atomic E-state index is -0.626. The number of nitrogens with zero attached hydrogens (tertiary/aromatic N) is 5. The van der Waals surface area contributed by atoms with Crippen LogP contribution in [0.4, 0.5) is 11.1 Å². The van der Waals surface area contributed by atoms with Crippen LogP contribution in [0.15, 0.2) is 55.2 Å². The molecule has 0 saturated heterocycles. The van der Waals surface area contributed by atoms with Crippen LogP contribution in [0, 0.1) is 0 Å². The fraction of sp³-hybridized carbons (Fsp3) is 0.200. The van der Waals surface area contributed by atoms with Crippen molar-refractivity contribution in [1.82, 2.24) is 25.5 Å². The average Bonchev–Trinajstić information content (AvgIpc) is 3.42. The van der Waals surface area contributed by atoms with Crippen molar-refractivity contribution in [2.45, 2.75) is 25.8 Å². The first-order valence-electron chi connectivity index (χ1n) is 9.75. The van der Waals surface area contributed by atoms with Crippen LogP contribution in [0.3, 0.4) is 0 Å². The molecule has 1 aliphatic heterocycles. The van der Waals surface area contributed by atoms with Crippen molar-refractivity contribution >= 4 is 56.4 Å². The molecule has 2 aliphatic rings. The van der Waals surface area contributed by atoms with Gasteiger partial charge in [-0.15, -0.1) is 10.2 Å². The van der Waals surface area contributed by atoms with Crippen molar-refractivity contribution in [2.24, 2.45) is 4.99 Å². The second-order valence-electron chi connectivity index (χ2n) is 7.02. The van der Waals surface area contributed by atoms with E-state index in [2.05, 4.69) is 58.1 Å². The van der Waals surface area contributed by atoms with Crippen molar-refractivity contribution in [3.8, 4) is 0 Å². The second-order valence-corrected chi connectivity index (χ2v) is 8.60. The number of aromatic nitrogens is 4. The molecule has 3 aromatic rings. The van der Waals surface area contributed by atoms with Crippen molar-refractivity contribution in [1.29, 1.82) is 0 Å². The molecule has 1 amide bonds. The van der Waals surface area contributed by atoms with E-state index in [0.29, 0.717) is 33.0 Å². The Morgan fingerprint density at radius 1 is 1.41 bits per heavy atom. The Bertz CT molecular complexity index is 1260. The second kappa shape index (κ2) is 8.63. The van der Waals surface area contributed by atoms with Crippen LogP contribution in [-0.2, 0) is 11.2 Å². The minimum absolute atomic E-state index is 0.327. The van der Waals surface area contributed by atoms with Gasteiger partial charge in [-0.1, -0.05) is 23.5 Å². The van der Waals surface area contributed by atoms with Gasteiger partial charge in [0.05, 0.1) is 5.57 Å². The van der Waals surface area contributed by atoms with E-state index in [1.807, 2.05) is 19.1 Å². The zero-order chi connectivity index (χ0) is 22.1. The molecule has 0 spiro atoms. The van der Waals surface area contributed by atoms with E-state index in [1.54, 1.807) is 17.8 Å². The van der Waals surface area contributed by atoms with Crippen LogP contribution in [0.5, 0.6) is 0 Å². The first-order valence-corrected chi connectivity index (χ1v) is 11.4. The summed E-state index contributed by atoms with van der Waals surface area (Å²) >= 11 is 4.72. The lowest BCUT2D eigenvalue weighted by atomic mass is 9.97. The number of aryl methyl sites for hydroxylation is 1. The number of pyridine rings is 1. The maximum absolute atomic E-state index is 13.1. The number of hydrogen-bond acceptors (Lipinski definition) is 10. The van der Waals surface area contributed by atoms with Crippen LogP contribution >= 0.6 is 27.3 Å². The fourth-order valence-electron chi connectivity index (χ4n) is 3.49. The molecule has 0 fully saturated rings. The van der Waals surface area contributed by atoms with Crippen LogP contribution in [0.1, 0.15) is 36.4 Å². The monoisotopic (exact) mass is 512 g/mol. The molecule has 1 aliphatic carbocycles. The summed E-state index contributed by atoms with van der Waals surface area (Å²) in [6.07, 6.45) is 7.41. The Kier molecular flexibility index (Phi) is 5.53. The first kappa shape index (κ1) is 20.5. The minimum Gasteiger partial charge on any atom is -0.428 e. The van der Waals surface area contributed by atoms with Crippen LogP contribution in [0.2, 0.25) is 0 Å². The smallest absolute Gasteiger partial charge is 0.302 e. The van der Waals surface area contributed by atoms with E-state index in [1.165, 1.54) is 11.3 Å². The number of rotatable bonds is 4. The van der Waals surface area contributed by atoms with E-state index < -0.39 is 6.04 Å². The normalized spacial score (nSPS) is 17.4. The molecule has 32 heavy (non-hydrogen) atoms. The molecule has 12 heteroatoms. The summed E-state index contributed by atoms with van der Waals surface area (Å²) in [5.41, 5.74) is 4.17. The summed E-state index contributed by atoms with van der Waals surface area (Å²) in [5, 5.41) is 17.1. The van der Waals surface area contributed by atoms with Gasteiger partial charge in [0.2, 0.25) is 11.1 Å². The number of carbonyl (C=O) groups is 1. The topological polar surface area (TPSA) is 130 Å². The number of fused-ring (bicyclic) bond motifs is 1. The molecule has 5 rings (SSSR count). The summed E-state index contributed by atoms with van der Waals surface area (Å²) < 4.78 is 6.43. The number of nitrogens with one attached hydrogen (secondary N) is 3. The number of guanidine groups is 1. The zero-order valence-corrected chi connectivity index (χ0v) is 19.2. The Hall–Kier alpha value is -3.38. The highest BCUT2D eigenvalue weighted by atomic mass is 79.9. The van der Waals surface area contributed by atoms with Crippen molar-refractivity contribution in [3.63, 3.8) is 0 Å². The Balaban J connectivity index is 1.48. The van der Waals surface area contributed by atoms with Crippen LogP contribution in [0.25, 0.3) is 6.08 Å². The summed E-state index contributed by atoms with van der Waals surface area (Å²) in [7, 11) is 0. The van der Waals surface area contributed by atoms with Gasteiger partial charge in [-0.2, -0.15) is 4.98 Å². The van der Waals surface area contributed by atoms with Crippen molar-refractivity contribution < 1.29 is 9.21 Å². The number of carbonyl (C=O) groups excluding carboxylic acids is 1. The standard InChI is InChI=1S/C20H17BrN8O2S/c1-10-14(17(30)27-20-29-23-9-32-20)15(11-5-4-8-22-16(11)21)26-18(24-10)28-19-25-12-6-2-3-7-13(12)31-19/h2,4-6,8-9,15H,3,7H2,1H3,(H,27,29,30)(H2,24,25,26,28). The maximum atomic E-state index is 13.1. The van der Waals surface area contributed by atoms with Gasteiger partial charge in [0, 0.05) is 23.9 Å². The fourth-order valence-corrected chi connectivity index (χ4v) is 4.40. The number of halogens is 1. The molecule has 0 aromatic carbocycles. The number of oxazole rings is 1. The van der Waals surface area contributed by atoms with Gasteiger partial charge in [-0.25, -0.2) is 9.98 Å². The summed E-state index contributed by atoms with van der Waals surface area (Å²) in [5.74, 6) is 0.924. The van der Waals surface area contributed by atoms with Crippen molar-refractivity contribution in [3.05, 3.63) is 62.8 Å². The van der Waals surface area contributed by atoms with Gasteiger partial charge in [0.25, 0.3) is 5.91 Å². The van der Waals surface area contributed by atoms with E-state index in [4.69, 9.17) is 9.41 Å². The highest BCUT2D eigenvalue weighted by Gasteiger charge is 2.32.